The second-order valence-electron chi connectivity index (χ2n) is 6.82. The van der Waals surface area contributed by atoms with Crippen molar-refractivity contribution < 1.29 is 0 Å². The molecule has 116 valence electrons. The standard InChI is InChI=1S/C19H20N4/c1-22-11-17-9-16(22)12-23(17)15-3-5-19(21-10-15)13-2-4-18-14(8-13)6-7-20-18/h2-8,10,16-17,20H,9,11-12H2,1H3/t16-,17+/m0/s1. The molecule has 1 N–H and O–H groups in total. The third-order valence-electron chi connectivity index (χ3n) is 5.44. The Balaban J connectivity index is 1.43. The van der Waals surface area contributed by atoms with Gasteiger partial charge in [0.2, 0.25) is 0 Å². The lowest BCUT2D eigenvalue weighted by Gasteiger charge is -2.33. The van der Waals surface area contributed by atoms with Crippen LogP contribution in [0.15, 0.2) is 48.8 Å². The number of likely N-dealkylation sites (N-methyl/N-ethyl adjacent to an activating group) is 1. The van der Waals surface area contributed by atoms with E-state index in [0.29, 0.717) is 6.04 Å². The molecule has 0 saturated carbocycles. The molecule has 2 saturated heterocycles. The number of H-pyrrole nitrogens is 1. The van der Waals surface area contributed by atoms with Crippen LogP contribution in [0.2, 0.25) is 0 Å². The van der Waals surface area contributed by atoms with Crippen LogP contribution in [-0.4, -0.2) is 47.1 Å². The van der Waals surface area contributed by atoms with Crippen molar-refractivity contribution in [2.45, 2.75) is 18.5 Å². The molecule has 2 atom stereocenters. The normalized spacial score (nSPS) is 24.0. The maximum atomic E-state index is 4.72. The largest absolute Gasteiger partial charge is 0.364 e. The third-order valence-corrected chi connectivity index (χ3v) is 5.44. The molecule has 2 bridgehead atoms. The third kappa shape index (κ3) is 2.05. The fraction of sp³-hybridized carbons (Fsp3) is 0.316. The average molecular weight is 304 g/mol. The van der Waals surface area contributed by atoms with Gasteiger partial charge < -0.3 is 9.88 Å². The molecule has 0 aliphatic carbocycles. The molecule has 2 aliphatic heterocycles. The van der Waals surface area contributed by atoms with Crippen LogP contribution in [0.4, 0.5) is 5.69 Å². The first-order valence-electron chi connectivity index (χ1n) is 8.28. The lowest BCUT2D eigenvalue weighted by molar-refractivity contribution is 0.292. The number of piperazine rings is 1. The van der Waals surface area contributed by atoms with E-state index in [-0.39, 0.29) is 0 Å². The van der Waals surface area contributed by atoms with Crippen LogP contribution in [-0.2, 0) is 0 Å². The lowest BCUT2D eigenvalue weighted by atomic mass is 10.1. The number of fused-ring (bicyclic) bond motifs is 3. The molecule has 2 aliphatic rings. The highest BCUT2D eigenvalue weighted by molar-refractivity contribution is 5.84. The smallest absolute Gasteiger partial charge is 0.0703 e. The van der Waals surface area contributed by atoms with Gasteiger partial charge in [0.25, 0.3) is 0 Å². The van der Waals surface area contributed by atoms with Gasteiger partial charge in [-0.15, -0.1) is 0 Å². The Kier molecular flexibility index (Phi) is 2.76. The molecule has 4 heterocycles. The molecule has 4 nitrogen and oxygen atoms in total. The summed E-state index contributed by atoms with van der Waals surface area (Å²) in [5, 5.41) is 1.23. The van der Waals surface area contributed by atoms with Crippen LogP contribution < -0.4 is 4.90 Å². The van der Waals surface area contributed by atoms with Gasteiger partial charge in [-0.3, -0.25) is 9.88 Å². The first-order chi connectivity index (χ1) is 11.3. The second kappa shape index (κ2) is 4.83. The number of hydrogen-bond donors (Lipinski definition) is 1. The van der Waals surface area contributed by atoms with Crippen molar-refractivity contribution in [1.82, 2.24) is 14.9 Å². The fourth-order valence-electron chi connectivity index (χ4n) is 4.12. The van der Waals surface area contributed by atoms with Gasteiger partial charge in [-0.1, -0.05) is 6.07 Å². The first-order valence-corrected chi connectivity index (χ1v) is 8.28. The SMILES string of the molecule is CN1C[C@H]2C[C@H]1CN2c1ccc(-c2ccc3[nH]ccc3c2)nc1. The molecule has 3 aromatic rings. The summed E-state index contributed by atoms with van der Waals surface area (Å²) in [6.07, 6.45) is 5.31. The minimum atomic E-state index is 0.661. The Morgan fingerprint density at radius 1 is 1.09 bits per heavy atom. The molecule has 0 amide bonds. The van der Waals surface area contributed by atoms with Gasteiger partial charge in [0.1, 0.15) is 0 Å². The quantitative estimate of drug-likeness (QED) is 0.790. The molecule has 4 heteroatoms. The summed E-state index contributed by atoms with van der Waals surface area (Å²) < 4.78 is 0. The maximum Gasteiger partial charge on any atom is 0.0703 e. The number of rotatable bonds is 2. The molecular formula is C19H20N4. The van der Waals surface area contributed by atoms with Crippen molar-refractivity contribution in [3.8, 4) is 11.3 Å². The number of aromatic nitrogens is 2. The van der Waals surface area contributed by atoms with E-state index in [1.807, 2.05) is 12.4 Å². The Morgan fingerprint density at radius 3 is 2.78 bits per heavy atom. The van der Waals surface area contributed by atoms with E-state index >= 15 is 0 Å². The van der Waals surface area contributed by atoms with Gasteiger partial charge in [-0.25, -0.2) is 0 Å². The number of aromatic amines is 1. The van der Waals surface area contributed by atoms with Crippen molar-refractivity contribution in [2.75, 3.05) is 25.0 Å². The molecule has 2 fully saturated rings. The highest BCUT2D eigenvalue weighted by Gasteiger charge is 2.41. The van der Waals surface area contributed by atoms with Gasteiger partial charge in [0.05, 0.1) is 17.6 Å². The number of nitrogens with one attached hydrogen (secondary N) is 1. The fourth-order valence-corrected chi connectivity index (χ4v) is 4.12. The predicted molar refractivity (Wildman–Crippen MR) is 93.7 cm³/mol. The summed E-state index contributed by atoms with van der Waals surface area (Å²) in [7, 11) is 2.24. The maximum absolute atomic E-state index is 4.72. The molecule has 5 rings (SSSR count). The van der Waals surface area contributed by atoms with Crippen LogP contribution in [0, 0.1) is 0 Å². The van der Waals surface area contributed by atoms with E-state index in [4.69, 9.17) is 4.98 Å². The van der Waals surface area contributed by atoms with E-state index in [0.717, 1.165) is 18.3 Å². The van der Waals surface area contributed by atoms with Gasteiger partial charge in [0.15, 0.2) is 0 Å². The first kappa shape index (κ1) is 13.1. The Morgan fingerprint density at radius 2 is 2.04 bits per heavy atom. The highest BCUT2D eigenvalue weighted by Crippen LogP contribution is 2.34. The second-order valence-corrected chi connectivity index (χ2v) is 6.82. The molecular weight excluding hydrogens is 284 g/mol. The molecule has 0 spiro atoms. The molecule has 2 aromatic heterocycles. The zero-order valence-electron chi connectivity index (χ0n) is 13.2. The van der Waals surface area contributed by atoms with Crippen molar-refractivity contribution in [1.29, 1.82) is 0 Å². The van der Waals surface area contributed by atoms with Crippen molar-refractivity contribution >= 4 is 16.6 Å². The van der Waals surface area contributed by atoms with Crippen molar-refractivity contribution in [2.24, 2.45) is 0 Å². The number of anilines is 1. The van der Waals surface area contributed by atoms with Gasteiger partial charge >= 0.3 is 0 Å². The van der Waals surface area contributed by atoms with E-state index in [1.165, 1.54) is 35.1 Å². The number of pyridine rings is 1. The summed E-state index contributed by atoms with van der Waals surface area (Å²) in [5.41, 5.74) is 4.64. The van der Waals surface area contributed by atoms with Gasteiger partial charge in [-0.2, -0.15) is 0 Å². The lowest BCUT2D eigenvalue weighted by Crippen LogP contribution is -2.44. The van der Waals surface area contributed by atoms with E-state index in [2.05, 4.69) is 58.2 Å². The number of benzene rings is 1. The van der Waals surface area contributed by atoms with E-state index in [9.17, 15) is 0 Å². The summed E-state index contributed by atoms with van der Waals surface area (Å²) >= 11 is 0. The van der Waals surface area contributed by atoms with Gasteiger partial charge in [-0.05, 0) is 43.8 Å². The van der Waals surface area contributed by atoms with Crippen LogP contribution in [0.1, 0.15) is 6.42 Å². The Labute approximate surface area is 135 Å². The monoisotopic (exact) mass is 304 g/mol. The zero-order valence-corrected chi connectivity index (χ0v) is 13.2. The summed E-state index contributed by atoms with van der Waals surface area (Å²) in [6.45, 7) is 2.31. The minimum absolute atomic E-state index is 0.661. The Hall–Kier alpha value is -2.33. The zero-order chi connectivity index (χ0) is 15.4. The summed E-state index contributed by atoms with van der Waals surface area (Å²) in [6, 6.07) is 14.3. The molecule has 0 unspecified atom stereocenters. The summed E-state index contributed by atoms with van der Waals surface area (Å²) in [5.74, 6) is 0. The van der Waals surface area contributed by atoms with E-state index < -0.39 is 0 Å². The van der Waals surface area contributed by atoms with Gasteiger partial charge in [0, 0.05) is 47.8 Å². The predicted octanol–water partition coefficient (Wildman–Crippen LogP) is 3.12. The minimum Gasteiger partial charge on any atom is -0.364 e. The topological polar surface area (TPSA) is 35.2 Å². The molecule has 0 radical (unpaired) electrons. The number of nitrogens with zero attached hydrogens (tertiary/aromatic N) is 3. The van der Waals surface area contributed by atoms with Crippen LogP contribution in [0.5, 0.6) is 0 Å². The van der Waals surface area contributed by atoms with Crippen LogP contribution in [0.25, 0.3) is 22.2 Å². The molecule has 23 heavy (non-hydrogen) atoms. The highest BCUT2D eigenvalue weighted by atomic mass is 15.3. The van der Waals surface area contributed by atoms with Crippen molar-refractivity contribution in [3.63, 3.8) is 0 Å². The van der Waals surface area contributed by atoms with Crippen LogP contribution >= 0.6 is 0 Å². The molecule has 1 aromatic carbocycles. The van der Waals surface area contributed by atoms with Crippen molar-refractivity contribution in [3.05, 3.63) is 48.8 Å². The number of hydrogen-bond acceptors (Lipinski definition) is 3. The van der Waals surface area contributed by atoms with E-state index in [1.54, 1.807) is 0 Å². The average Bonchev–Trinajstić information content (AvgIpc) is 3.29. The van der Waals surface area contributed by atoms with Crippen LogP contribution in [0.3, 0.4) is 0 Å². The number of likely N-dealkylation sites (tertiary alicyclic amines) is 1. The summed E-state index contributed by atoms with van der Waals surface area (Å²) in [4.78, 5) is 13.0. The Bertz CT molecular complexity index is 849.